The summed E-state index contributed by atoms with van der Waals surface area (Å²) in [6.07, 6.45) is 0. The lowest BCUT2D eigenvalue weighted by Crippen LogP contribution is -2.60. The minimum absolute atomic E-state index is 0.00688. The fourth-order valence-electron chi connectivity index (χ4n) is 13.0. The number of fused-ring (bicyclic) bond motifs is 19. The van der Waals surface area contributed by atoms with E-state index in [-0.39, 0.29) is 28.5 Å². The Hall–Kier alpha value is -6.36. The predicted molar refractivity (Wildman–Crippen MR) is 285 cm³/mol. The van der Waals surface area contributed by atoms with E-state index >= 15 is 0 Å². The predicted octanol–water partition coefficient (Wildman–Crippen LogP) is 15.6. The number of hydrogen-bond acceptors (Lipinski definition) is 2. The maximum absolute atomic E-state index is 2.76. The fourth-order valence-corrected chi connectivity index (χ4v) is 14.3. The van der Waals surface area contributed by atoms with Crippen LogP contribution in [0.5, 0.6) is 0 Å². The molecule has 2 nitrogen and oxygen atoms in total. The van der Waals surface area contributed by atoms with E-state index in [1.54, 1.807) is 0 Å². The van der Waals surface area contributed by atoms with Crippen molar-refractivity contribution in [1.29, 1.82) is 0 Å². The van der Waals surface area contributed by atoms with E-state index in [4.69, 9.17) is 0 Å². The monoisotopic (exact) mass is 868 g/mol. The van der Waals surface area contributed by atoms with E-state index in [0.717, 1.165) is 0 Å². The van der Waals surface area contributed by atoms with Crippen molar-refractivity contribution in [2.24, 2.45) is 0 Å². The highest BCUT2D eigenvalue weighted by atomic mass is 32.1. The van der Waals surface area contributed by atoms with Crippen LogP contribution in [0.3, 0.4) is 0 Å². The Bertz CT molecular complexity index is 3840. The van der Waals surface area contributed by atoms with Gasteiger partial charge in [-0.2, -0.15) is 0 Å². The van der Waals surface area contributed by atoms with Crippen LogP contribution in [-0.4, -0.2) is 11.4 Å². The lowest BCUT2D eigenvalue weighted by Gasteiger charge is -2.43. The van der Waals surface area contributed by atoms with E-state index in [9.17, 15) is 0 Å². The maximum atomic E-state index is 2.76. The molecule has 0 bridgehead atoms. The van der Waals surface area contributed by atoms with Crippen molar-refractivity contribution in [3.8, 4) is 39.1 Å². The van der Waals surface area contributed by atoms with Gasteiger partial charge in [-0.1, -0.05) is 160 Å². The smallest absolute Gasteiger partial charge is 0.333 e. The van der Waals surface area contributed by atoms with Gasteiger partial charge < -0.3 is 9.38 Å². The van der Waals surface area contributed by atoms with Crippen LogP contribution < -0.4 is 15.7 Å². The molecular formula is C62H53BN2S. The Kier molecular flexibility index (Phi) is 7.27. The molecule has 0 amide bonds. The molecule has 0 unspecified atom stereocenters. The fraction of sp³-hybridized carbons (Fsp3) is 0.226. The number of hydrogen-bond donors (Lipinski definition) is 0. The van der Waals surface area contributed by atoms with E-state index in [0.29, 0.717) is 0 Å². The molecule has 0 saturated heterocycles. The number of anilines is 2. The second-order valence-corrected chi connectivity index (χ2v) is 24.0. The van der Waals surface area contributed by atoms with Gasteiger partial charge in [0.05, 0.1) is 11.0 Å². The molecule has 0 fully saturated rings. The summed E-state index contributed by atoms with van der Waals surface area (Å²) < 4.78 is 5.45. The van der Waals surface area contributed by atoms with E-state index in [1.165, 1.54) is 137 Å². The van der Waals surface area contributed by atoms with Crippen LogP contribution in [0.25, 0.3) is 81.0 Å². The van der Waals surface area contributed by atoms with Crippen molar-refractivity contribution in [2.75, 3.05) is 4.81 Å². The largest absolute Gasteiger partial charge is 0.376 e. The molecule has 320 valence electrons. The number of benzene rings is 8. The van der Waals surface area contributed by atoms with Crippen LogP contribution in [0.4, 0.5) is 11.4 Å². The Morgan fingerprint density at radius 3 is 1.79 bits per heavy atom. The summed E-state index contributed by atoms with van der Waals surface area (Å²) in [5.41, 5.74) is 25.5. The molecule has 0 radical (unpaired) electrons. The van der Waals surface area contributed by atoms with Gasteiger partial charge in [0.1, 0.15) is 0 Å². The molecule has 10 aromatic rings. The zero-order chi connectivity index (χ0) is 45.1. The first-order valence-corrected chi connectivity index (χ1v) is 24.8. The first-order valence-electron chi connectivity index (χ1n) is 24.0. The highest BCUT2D eigenvalue weighted by Gasteiger charge is 2.49. The molecular weight excluding hydrogens is 816 g/mol. The maximum Gasteiger partial charge on any atom is 0.333 e. The van der Waals surface area contributed by atoms with Gasteiger partial charge in [-0.25, -0.2) is 0 Å². The Balaban J connectivity index is 1.23. The molecule has 4 aliphatic rings. The van der Waals surface area contributed by atoms with Gasteiger partial charge in [0.15, 0.2) is 0 Å². The quantitative estimate of drug-likeness (QED) is 0.149. The highest BCUT2D eigenvalue weighted by Crippen LogP contribution is 2.58. The third-order valence-electron chi connectivity index (χ3n) is 16.5. The van der Waals surface area contributed by atoms with E-state index < -0.39 is 0 Å². The standard InChI is InChI=1S/C62H53BN2S/c1-59(2,3)34-23-26-36(27-24-34)65-50-32-41-38-18-12-15-21-45(38)61(7,8)46(41)30-43(50)53-54-39-19-13-16-22-52(39)66-58(54)55-42-29-35(60(4,5)6)25-28-49(42)64-51-33-47-40(31-48(51)63(65)56(53)57(55)64)37-17-11-14-20-44(37)62(47,9)10/h11-33H,1-10H3. The van der Waals surface area contributed by atoms with Gasteiger partial charge in [-0.15, -0.1) is 11.3 Å². The molecule has 2 aliphatic heterocycles. The third kappa shape index (κ3) is 4.73. The summed E-state index contributed by atoms with van der Waals surface area (Å²) >= 11 is 1.99. The lowest BCUT2D eigenvalue weighted by molar-refractivity contribution is 0.590. The summed E-state index contributed by atoms with van der Waals surface area (Å²) in [6.45, 7) is 23.7. The van der Waals surface area contributed by atoms with Gasteiger partial charge >= 0.3 is 6.85 Å². The van der Waals surface area contributed by atoms with Crippen LogP contribution in [0, 0.1) is 0 Å². The molecule has 2 aliphatic carbocycles. The van der Waals surface area contributed by atoms with Gasteiger partial charge in [0.2, 0.25) is 0 Å². The zero-order valence-electron chi connectivity index (χ0n) is 39.7. The first kappa shape index (κ1) is 38.9. The number of aromatic nitrogens is 1. The van der Waals surface area contributed by atoms with Gasteiger partial charge in [-0.05, 0) is 131 Å². The second-order valence-electron chi connectivity index (χ2n) is 22.9. The van der Waals surface area contributed by atoms with Gasteiger partial charge in [0, 0.05) is 64.4 Å². The van der Waals surface area contributed by atoms with Gasteiger partial charge in [-0.3, -0.25) is 0 Å². The lowest BCUT2D eigenvalue weighted by atomic mass is 9.43. The molecule has 8 aromatic carbocycles. The van der Waals surface area contributed by atoms with Crippen LogP contribution in [0.1, 0.15) is 103 Å². The Morgan fingerprint density at radius 2 is 1.11 bits per heavy atom. The first-order chi connectivity index (χ1) is 31.5. The molecule has 66 heavy (non-hydrogen) atoms. The van der Waals surface area contributed by atoms with Crippen LogP contribution >= 0.6 is 11.3 Å². The van der Waals surface area contributed by atoms with Crippen molar-refractivity contribution >= 4 is 82.5 Å². The molecule has 4 heterocycles. The topological polar surface area (TPSA) is 8.17 Å². The number of thiophene rings is 1. The summed E-state index contributed by atoms with van der Waals surface area (Å²) in [7, 11) is 0. The molecule has 0 spiro atoms. The highest BCUT2D eigenvalue weighted by molar-refractivity contribution is 7.27. The molecule has 0 saturated carbocycles. The molecule has 0 atom stereocenters. The zero-order valence-corrected chi connectivity index (χ0v) is 40.5. The summed E-state index contributed by atoms with van der Waals surface area (Å²) in [5, 5.41) is 5.50. The summed E-state index contributed by atoms with van der Waals surface area (Å²) in [4.78, 5) is 2.76. The van der Waals surface area contributed by atoms with Crippen LogP contribution in [-0.2, 0) is 21.7 Å². The van der Waals surface area contributed by atoms with Crippen molar-refractivity contribution < 1.29 is 0 Å². The summed E-state index contributed by atoms with van der Waals surface area (Å²) in [6, 6.07) is 55.0. The Labute approximate surface area is 392 Å². The van der Waals surface area contributed by atoms with E-state index in [2.05, 4.69) is 218 Å². The van der Waals surface area contributed by atoms with Crippen molar-refractivity contribution in [3.05, 3.63) is 173 Å². The molecule has 14 rings (SSSR count). The van der Waals surface area contributed by atoms with Crippen LogP contribution in [0.2, 0.25) is 0 Å². The normalized spacial score (nSPS) is 15.9. The SMILES string of the molecule is CC(C)(C)c1ccc(N2B3c4cc5c(cc4-n4c6ccc(C(C)(C)C)cc6c6c7sc8ccccc8c7c(c3c64)-c3cc4c(cc32)-c2ccccc2C4(C)C)C(C)(C)c2ccccc2-5)cc1. The second kappa shape index (κ2) is 12.3. The average Bonchev–Trinajstić information content (AvgIpc) is 3.98. The third-order valence-corrected chi connectivity index (χ3v) is 17.7. The molecule has 4 heteroatoms. The minimum atomic E-state index is -0.153. The number of nitrogens with zero attached hydrogens (tertiary/aromatic N) is 2. The number of rotatable bonds is 1. The molecule has 2 aromatic heterocycles. The van der Waals surface area contributed by atoms with Crippen LogP contribution in [0.15, 0.2) is 140 Å². The van der Waals surface area contributed by atoms with Crippen molar-refractivity contribution in [3.63, 3.8) is 0 Å². The summed E-state index contributed by atoms with van der Waals surface area (Å²) in [5.74, 6) is 0. The minimum Gasteiger partial charge on any atom is -0.376 e. The van der Waals surface area contributed by atoms with Crippen molar-refractivity contribution in [2.45, 2.75) is 90.9 Å². The Morgan fingerprint density at radius 1 is 0.500 bits per heavy atom. The van der Waals surface area contributed by atoms with E-state index in [1.807, 2.05) is 11.3 Å². The van der Waals surface area contributed by atoms with Crippen molar-refractivity contribution in [1.82, 2.24) is 4.57 Å². The van der Waals surface area contributed by atoms with Gasteiger partial charge in [0.25, 0.3) is 0 Å². The average molecular weight is 869 g/mol. The molecule has 0 N–H and O–H groups in total.